The molecule has 1 amide bonds. The van der Waals surface area contributed by atoms with E-state index in [1.165, 1.54) is 6.26 Å². The summed E-state index contributed by atoms with van der Waals surface area (Å²) in [6.45, 7) is 0. The lowest BCUT2D eigenvalue weighted by molar-refractivity contribution is 0.0915. The Morgan fingerprint density at radius 1 is 1.09 bits per heavy atom. The Bertz CT molecular complexity index is 740. The summed E-state index contributed by atoms with van der Waals surface area (Å²) >= 11 is 5.93. The molecule has 1 atom stereocenters. The van der Waals surface area contributed by atoms with Crippen molar-refractivity contribution >= 4 is 17.5 Å². The van der Waals surface area contributed by atoms with Crippen molar-refractivity contribution in [1.82, 2.24) is 10.3 Å². The van der Waals surface area contributed by atoms with Crippen LogP contribution in [0.15, 0.2) is 71.6 Å². The molecule has 0 saturated heterocycles. The molecule has 3 aromatic rings. The third kappa shape index (κ3) is 3.18. The molecule has 0 aliphatic rings. The number of aromatic nitrogens is 1. The molecule has 110 valence electrons. The first-order valence-electron chi connectivity index (χ1n) is 6.74. The second kappa shape index (κ2) is 6.45. The number of benzene rings is 1. The van der Waals surface area contributed by atoms with E-state index in [1.54, 1.807) is 36.7 Å². The number of hydrogen-bond acceptors (Lipinski definition) is 3. The Balaban J connectivity index is 1.93. The third-order valence-corrected chi connectivity index (χ3v) is 3.49. The van der Waals surface area contributed by atoms with E-state index in [2.05, 4.69) is 10.3 Å². The summed E-state index contributed by atoms with van der Waals surface area (Å²) < 4.78 is 5.14. The van der Waals surface area contributed by atoms with Crippen molar-refractivity contribution in [2.75, 3.05) is 0 Å². The van der Waals surface area contributed by atoms with Gasteiger partial charge in [-0.15, -0.1) is 0 Å². The molecule has 1 unspecified atom stereocenters. The summed E-state index contributed by atoms with van der Waals surface area (Å²) in [4.78, 5) is 16.4. The maximum atomic E-state index is 12.3. The van der Waals surface area contributed by atoms with E-state index in [0.29, 0.717) is 5.02 Å². The van der Waals surface area contributed by atoms with Crippen molar-refractivity contribution in [3.05, 3.63) is 89.1 Å². The molecule has 0 radical (unpaired) electrons. The average molecular weight is 313 g/mol. The van der Waals surface area contributed by atoms with Crippen LogP contribution >= 0.6 is 11.6 Å². The van der Waals surface area contributed by atoms with E-state index in [-0.39, 0.29) is 17.7 Å². The fourth-order valence-electron chi connectivity index (χ4n) is 2.17. The van der Waals surface area contributed by atoms with Crippen LogP contribution in [-0.4, -0.2) is 10.9 Å². The second-order valence-electron chi connectivity index (χ2n) is 4.72. The summed E-state index contributed by atoms with van der Waals surface area (Å²) in [6.07, 6.45) is 4.88. The molecule has 1 aromatic carbocycles. The van der Waals surface area contributed by atoms with Crippen molar-refractivity contribution in [2.24, 2.45) is 0 Å². The zero-order chi connectivity index (χ0) is 15.4. The Hall–Kier alpha value is -2.59. The smallest absolute Gasteiger partial charge is 0.287 e. The Morgan fingerprint density at radius 2 is 1.91 bits per heavy atom. The molecular weight excluding hydrogens is 300 g/mol. The summed E-state index contributed by atoms with van der Waals surface area (Å²) in [6, 6.07) is 14.0. The van der Waals surface area contributed by atoms with Gasteiger partial charge < -0.3 is 9.73 Å². The Morgan fingerprint density at radius 3 is 2.55 bits per heavy atom. The van der Waals surface area contributed by atoms with E-state index in [4.69, 9.17) is 16.0 Å². The van der Waals surface area contributed by atoms with Gasteiger partial charge in [-0.2, -0.15) is 0 Å². The van der Waals surface area contributed by atoms with Gasteiger partial charge >= 0.3 is 0 Å². The molecule has 2 aromatic heterocycles. The van der Waals surface area contributed by atoms with Gasteiger partial charge in [-0.05, 0) is 41.5 Å². The molecule has 0 saturated carbocycles. The molecule has 0 spiro atoms. The van der Waals surface area contributed by atoms with Gasteiger partial charge in [0.1, 0.15) is 0 Å². The largest absolute Gasteiger partial charge is 0.459 e. The molecular formula is C17H13ClN2O2. The van der Waals surface area contributed by atoms with E-state index < -0.39 is 0 Å². The van der Waals surface area contributed by atoms with Gasteiger partial charge in [0.2, 0.25) is 0 Å². The fraction of sp³-hybridized carbons (Fsp3) is 0.0588. The fourth-order valence-corrected chi connectivity index (χ4v) is 2.30. The first kappa shape index (κ1) is 14.4. The van der Waals surface area contributed by atoms with Crippen LogP contribution in [0.5, 0.6) is 0 Å². The van der Waals surface area contributed by atoms with E-state index in [1.807, 2.05) is 24.3 Å². The average Bonchev–Trinajstić information content (AvgIpc) is 3.09. The van der Waals surface area contributed by atoms with Crippen LogP contribution in [0.3, 0.4) is 0 Å². The van der Waals surface area contributed by atoms with E-state index >= 15 is 0 Å². The number of carbonyl (C=O) groups is 1. The molecule has 5 heteroatoms. The molecule has 2 heterocycles. The van der Waals surface area contributed by atoms with Gasteiger partial charge in [-0.25, -0.2) is 0 Å². The van der Waals surface area contributed by atoms with Gasteiger partial charge in [0, 0.05) is 17.4 Å². The molecule has 3 rings (SSSR count). The van der Waals surface area contributed by atoms with Crippen LogP contribution in [0.4, 0.5) is 0 Å². The van der Waals surface area contributed by atoms with Gasteiger partial charge in [-0.1, -0.05) is 29.8 Å². The number of amides is 1. The van der Waals surface area contributed by atoms with Gasteiger partial charge in [-0.3, -0.25) is 9.78 Å². The van der Waals surface area contributed by atoms with Crippen molar-refractivity contribution in [3.8, 4) is 0 Å². The predicted molar refractivity (Wildman–Crippen MR) is 83.7 cm³/mol. The van der Waals surface area contributed by atoms with E-state index in [9.17, 15) is 4.79 Å². The van der Waals surface area contributed by atoms with Crippen LogP contribution in [0.2, 0.25) is 5.02 Å². The minimum Gasteiger partial charge on any atom is -0.459 e. The molecule has 4 nitrogen and oxygen atoms in total. The van der Waals surface area contributed by atoms with Gasteiger partial charge in [0.05, 0.1) is 12.3 Å². The van der Waals surface area contributed by atoms with E-state index in [0.717, 1.165) is 11.1 Å². The quantitative estimate of drug-likeness (QED) is 0.796. The lowest BCUT2D eigenvalue weighted by atomic mass is 10.00. The molecule has 0 bridgehead atoms. The summed E-state index contributed by atoms with van der Waals surface area (Å²) in [7, 11) is 0. The zero-order valence-electron chi connectivity index (χ0n) is 11.6. The summed E-state index contributed by atoms with van der Waals surface area (Å²) in [5.74, 6) is -0.0170. The molecule has 1 N–H and O–H groups in total. The normalized spacial score (nSPS) is 11.9. The van der Waals surface area contributed by atoms with Crippen molar-refractivity contribution in [3.63, 3.8) is 0 Å². The topological polar surface area (TPSA) is 55.1 Å². The highest BCUT2D eigenvalue weighted by Gasteiger charge is 2.19. The molecule has 0 fully saturated rings. The Labute approximate surface area is 132 Å². The highest BCUT2D eigenvalue weighted by Crippen LogP contribution is 2.23. The number of nitrogens with zero attached hydrogens (tertiary/aromatic N) is 1. The van der Waals surface area contributed by atoms with Crippen molar-refractivity contribution in [2.45, 2.75) is 6.04 Å². The molecule has 0 aliphatic heterocycles. The van der Waals surface area contributed by atoms with Crippen LogP contribution in [-0.2, 0) is 0 Å². The minimum absolute atomic E-state index is 0.267. The maximum Gasteiger partial charge on any atom is 0.287 e. The Kier molecular flexibility index (Phi) is 4.21. The lowest BCUT2D eigenvalue weighted by Gasteiger charge is -2.19. The number of rotatable bonds is 4. The van der Waals surface area contributed by atoms with Crippen molar-refractivity contribution < 1.29 is 9.21 Å². The second-order valence-corrected chi connectivity index (χ2v) is 5.16. The summed E-state index contributed by atoms with van der Waals surface area (Å²) in [5.41, 5.74) is 1.79. The number of hydrogen-bond donors (Lipinski definition) is 1. The van der Waals surface area contributed by atoms with Crippen LogP contribution in [0.1, 0.15) is 27.7 Å². The molecule has 0 aliphatic carbocycles. The number of nitrogens with one attached hydrogen (secondary N) is 1. The number of furan rings is 1. The predicted octanol–water partition coefficient (Wildman–Crippen LogP) is 3.85. The first-order valence-corrected chi connectivity index (χ1v) is 7.11. The highest BCUT2D eigenvalue weighted by atomic mass is 35.5. The number of pyridine rings is 1. The standard InChI is InChI=1S/C17H13ClN2O2/c18-14-7-5-12(6-8-14)16(13-3-1-9-19-11-13)20-17(21)15-4-2-10-22-15/h1-11,16H,(H,20,21). The maximum absolute atomic E-state index is 12.3. The highest BCUT2D eigenvalue weighted by molar-refractivity contribution is 6.30. The number of halogens is 1. The number of carbonyl (C=O) groups excluding carboxylic acids is 1. The van der Waals surface area contributed by atoms with Crippen LogP contribution < -0.4 is 5.32 Å². The zero-order valence-corrected chi connectivity index (χ0v) is 12.3. The monoisotopic (exact) mass is 312 g/mol. The molecule has 22 heavy (non-hydrogen) atoms. The van der Waals surface area contributed by atoms with Crippen molar-refractivity contribution in [1.29, 1.82) is 0 Å². The SMILES string of the molecule is O=C(NC(c1ccc(Cl)cc1)c1cccnc1)c1ccco1. The van der Waals surface area contributed by atoms with Crippen LogP contribution in [0, 0.1) is 0 Å². The minimum atomic E-state index is -0.330. The lowest BCUT2D eigenvalue weighted by Crippen LogP contribution is -2.29. The van der Waals surface area contributed by atoms with Crippen LogP contribution in [0.25, 0.3) is 0 Å². The van der Waals surface area contributed by atoms with Gasteiger partial charge in [0.15, 0.2) is 5.76 Å². The van der Waals surface area contributed by atoms with Gasteiger partial charge in [0.25, 0.3) is 5.91 Å². The third-order valence-electron chi connectivity index (χ3n) is 3.24. The summed E-state index contributed by atoms with van der Waals surface area (Å²) in [5, 5.41) is 3.60. The first-order chi connectivity index (χ1) is 10.7.